The number of carbonyl (C=O) groups excluding carboxylic acids is 1. The highest BCUT2D eigenvalue weighted by molar-refractivity contribution is 5.78. The molecule has 1 saturated heterocycles. The van der Waals surface area contributed by atoms with Crippen LogP contribution in [0.2, 0.25) is 0 Å². The number of H-pyrrole nitrogens is 1. The highest BCUT2D eigenvalue weighted by atomic mass is 16.3. The minimum atomic E-state index is -1.16. The fourth-order valence-corrected chi connectivity index (χ4v) is 3.10. The average molecular weight is 344 g/mol. The summed E-state index contributed by atoms with van der Waals surface area (Å²) in [6.45, 7) is 2.23. The van der Waals surface area contributed by atoms with Gasteiger partial charge in [-0.05, 0) is 25.0 Å². The Hall–Kier alpha value is -2.74. The van der Waals surface area contributed by atoms with Crippen LogP contribution in [0.3, 0.4) is 0 Å². The van der Waals surface area contributed by atoms with E-state index in [0.717, 1.165) is 5.56 Å². The second kappa shape index (κ2) is 6.64. The fraction of sp³-hybridized carbons (Fsp3) is 0.412. The van der Waals surface area contributed by atoms with Crippen molar-refractivity contribution >= 4 is 5.91 Å². The summed E-state index contributed by atoms with van der Waals surface area (Å²) in [5.74, 6) is -0.0917. The van der Waals surface area contributed by atoms with Crippen LogP contribution in [0.15, 0.2) is 46.4 Å². The molecule has 1 amide bonds. The standard InChI is InChI=1S/C17H20N4O4/c1-17(25)5-8-20(15(23)9-12-3-2-6-18-10-12)11-13(17)21-7-4-14(22)19-16(21)24/h2-4,6-7,10,13,25H,5,8-9,11H2,1H3,(H,19,22,24)/t13-,17-/m1/s1. The number of hydrogen-bond acceptors (Lipinski definition) is 5. The summed E-state index contributed by atoms with van der Waals surface area (Å²) in [4.78, 5) is 43.7. The third-order valence-electron chi connectivity index (χ3n) is 4.62. The summed E-state index contributed by atoms with van der Waals surface area (Å²) in [5, 5.41) is 10.7. The molecule has 0 bridgehead atoms. The van der Waals surface area contributed by atoms with E-state index >= 15 is 0 Å². The number of likely N-dealkylation sites (tertiary alicyclic amines) is 1. The van der Waals surface area contributed by atoms with E-state index in [1.165, 1.54) is 16.8 Å². The van der Waals surface area contributed by atoms with Crippen LogP contribution in [0.1, 0.15) is 24.9 Å². The summed E-state index contributed by atoms with van der Waals surface area (Å²) in [6, 6.07) is 4.19. The molecule has 0 spiro atoms. The van der Waals surface area contributed by atoms with Crippen LogP contribution in [-0.4, -0.2) is 49.1 Å². The Morgan fingerprint density at radius 3 is 2.92 bits per heavy atom. The van der Waals surface area contributed by atoms with Crippen molar-refractivity contribution in [3.05, 3.63) is 63.2 Å². The SMILES string of the molecule is C[C@@]1(O)CCN(C(=O)Cc2cccnc2)C[C@H]1n1ccc(=O)[nH]c1=O. The first-order valence-corrected chi connectivity index (χ1v) is 8.07. The predicted octanol–water partition coefficient (Wildman–Crippen LogP) is -0.301. The van der Waals surface area contributed by atoms with E-state index in [2.05, 4.69) is 9.97 Å². The first-order valence-electron chi connectivity index (χ1n) is 8.07. The fourth-order valence-electron chi connectivity index (χ4n) is 3.10. The number of nitrogens with zero attached hydrogens (tertiary/aromatic N) is 3. The van der Waals surface area contributed by atoms with Gasteiger partial charge in [0.05, 0.1) is 18.1 Å². The monoisotopic (exact) mass is 344 g/mol. The van der Waals surface area contributed by atoms with Gasteiger partial charge in [0.25, 0.3) is 5.56 Å². The van der Waals surface area contributed by atoms with Gasteiger partial charge in [0.2, 0.25) is 5.91 Å². The number of aromatic nitrogens is 3. The third-order valence-corrected chi connectivity index (χ3v) is 4.62. The van der Waals surface area contributed by atoms with Gasteiger partial charge in [0, 0.05) is 37.7 Å². The first kappa shape index (κ1) is 17.1. The molecule has 2 aromatic rings. The van der Waals surface area contributed by atoms with Gasteiger partial charge >= 0.3 is 5.69 Å². The maximum absolute atomic E-state index is 12.6. The van der Waals surface area contributed by atoms with E-state index in [1.54, 1.807) is 30.3 Å². The van der Waals surface area contributed by atoms with Crippen molar-refractivity contribution in [2.75, 3.05) is 13.1 Å². The molecule has 2 atom stereocenters. The Balaban J connectivity index is 1.82. The molecule has 0 saturated carbocycles. The topological polar surface area (TPSA) is 108 Å². The van der Waals surface area contributed by atoms with E-state index < -0.39 is 22.9 Å². The van der Waals surface area contributed by atoms with E-state index in [0.29, 0.717) is 13.0 Å². The van der Waals surface area contributed by atoms with Gasteiger partial charge in [-0.15, -0.1) is 0 Å². The van der Waals surface area contributed by atoms with Crippen molar-refractivity contribution in [3.63, 3.8) is 0 Å². The van der Waals surface area contributed by atoms with Crippen LogP contribution in [0.5, 0.6) is 0 Å². The van der Waals surface area contributed by atoms with Crippen molar-refractivity contribution in [2.24, 2.45) is 0 Å². The summed E-state index contributed by atoms with van der Waals surface area (Å²) >= 11 is 0. The van der Waals surface area contributed by atoms with Crippen LogP contribution >= 0.6 is 0 Å². The second-order valence-corrected chi connectivity index (χ2v) is 6.52. The Morgan fingerprint density at radius 1 is 1.44 bits per heavy atom. The number of pyridine rings is 1. The quantitative estimate of drug-likeness (QED) is 0.795. The van der Waals surface area contributed by atoms with Gasteiger partial charge in [-0.3, -0.25) is 24.1 Å². The summed E-state index contributed by atoms with van der Waals surface area (Å²) in [7, 11) is 0. The Kier molecular flexibility index (Phi) is 4.54. The van der Waals surface area contributed by atoms with Gasteiger partial charge < -0.3 is 10.0 Å². The molecule has 3 rings (SSSR count). The van der Waals surface area contributed by atoms with E-state index in [4.69, 9.17) is 0 Å². The van der Waals surface area contributed by atoms with Gasteiger partial charge in [0.15, 0.2) is 0 Å². The zero-order valence-corrected chi connectivity index (χ0v) is 13.9. The number of aromatic amines is 1. The van der Waals surface area contributed by atoms with Crippen molar-refractivity contribution in [2.45, 2.75) is 31.4 Å². The van der Waals surface area contributed by atoms with Crippen molar-refractivity contribution < 1.29 is 9.90 Å². The molecule has 132 valence electrons. The molecular weight excluding hydrogens is 324 g/mol. The normalized spacial score (nSPS) is 23.4. The van der Waals surface area contributed by atoms with E-state index in [1.807, 2.05) is 6.07 Å². The molecule has 1 aliphatic heterocycles. The van der Waals surface area contributed by atoms with Gasteiger partial charge in [0.1, 0.15) is 0 Å². The molecule has 2 N–H and O–H groups in total. The number of aliphatic hydroxyl groups is 1. The number of nitrogens with one attached hydrogen (secondary N) is 1. The molecule has 0 radical (unpaired) electrons. The molecule has 1 aliphatic rings. The molecule has 8 heteroatoms. The van der Waals surface area contributed by atoms with Crippen LogP contribution in [0, 0.1) is 0 Å². The molecule has 3 heterocycles. The molecule has 8 nitrogen and oxygen atoms in total. The smallest absolute Gasteiger partial charge is 0.328 e. The predicted molar refractivity (Wildman–Crippen MR) is 90.1 cm³/mol. The maximum atomic E-state index is 12.6. The lowest BCUT2D eigenvalue weighted by Gasteiger charge is -2.43. The highest BCUT2D eigenvalue weighted by Gasteiger charge is 2.40. The highest BCUT2D eigenvalue weighted by Crippen LogP contribution is 2.30. The summed E-state index contributed by atoms with van der Waals surface area (Å²) < 4.78 is 1.28. The minimum absolute atomic E-state index is 0.0917. The van der Waals surface area contributed by atoms with Gasteiger partial charge in [-0.2, -0.15) is 0 Å². The maximum Gasteiger partial charge on any atom is 0.328 e. The van der Waals surface area contributed by atoms with E-state index in [9.17, 15) is 19.5 Å². The van der Waals surface area contributed by atoms with Crippen LogP contribution in [0.25, 0.3) is 0 Å². The number of amides is 1. The number of rotatable bonds is 3. The van der Waals surface area contributed by atoms with Crippen molar-refractivity contribution in [1.82, 2.24) is 19.4 Å². The Bertz CT molecular complexity index is 872. The van der Waals surface area contributed by atoms with Gasteiger partial charge in [-0.1, -0.05) is 6.07 Å². The van der Waals surface area contributed by atoms with Crippen LogP contribution in [0.4, 0.5) is 0 Å². The van der Waals surface area contributed by atoms with E-state index in [-0.39, 0.29) is 18.9 Å². The Labute approximate surface area is 143 Å². The summed E-state index contributed by atoms with van der Waals surface area (Å²) in [5.41, 5.74) is -1.45. The number of carbonyl (C=O) groups is 1. The van der Waals surface area contributed by atoms with Gasteiger partial charge in [-0.25, -0.2) is 4.79 Å². The number of piperidine rings is 1. The lowest BCUT2D eigenvalue weighted by Crippen LogP contribution is -2.55. The molecular formula is C17H20N4O4. The zero-order valence-electron chi connectivity index (χ0n) is 13.9. The second-order valence-electron chi connectivity index (χ2n) is 6.52. The minimum Gasteiger partial charge on any atom is -0.388 e. The van der Waals surface area contributed by atoms with Crippen molar-refractivity contribution in [1.29, 1.82) is 0 Å². The van der Waals surface area contributed by atoms with Crippen molar-refractivity contribution in [3.8, 4) is 0 Å². The average Bonchev–Trinajstić information content (AvgIpc) is 2.56. The largest absolute Gasteiger partial charge is 0.388 e. The zero-order chi connectivity index (χ0) is 18.0. The lowest BCUT2D eigenvalue weighted by molar-refractivity contribution is -0.137. The lowest BCUT2D eigenvalue weighted by atomic mass is 9.88. The molecule has 1 fully saturated rings. The van der Waals surface area contributed by atoms with Crippen LogP contribution < -0.4 is 11.2 Å². The Morgan fingerprint density at radius 2 is 2.24 bits per heavy atom. The summed E-state index contributed by atoms with van der Waals surface area (Å²) in [6.07, 6.45) is 5.19. The molecule has 0 aliphatic carbocycles. The molecule has 0 aromatic carbocycles. The molecule has 0 unspecified atom stereocenters. The molecule has 25 heavy (non-hydrogen) atoms. The third kappa shape index (κ3) is 3.69. The number of hydrogen-bond donors (Lipinski definition) is 2. The first-order chi connectivity index (χ1) is 11.9. The molecule has 2 aromatic heterocycles. The van der Waals surface area contributed by atoms with Crippen LogP contribution in [-0.2, 0) is 11.2 Å².